The number of nitrogens with one attached hydrogen (secondary N) is 1. The first-order chi connectivity index (χ1) is 9.70. The van der Waals surface area contributed by atoms with Crippen LogP contribution in [0.1, 0.15) is 37.7 Å². The number of halogens is 1. The summed E-state index contributed by atoms with van der Waals surface area (Å²) in [5, 5.41) is 3.82. The van der Waals surface area contributed by atoms with E-state index in [1.807, 2.05) is 24.3 Å². The quantitative estimate of drug-likeness (QED) is 0.878. The van der Waals surface area contributed by atoms with Gasteiger partial charge in [-0.15, -0.1) is 0 Å². The highest BCUT2D eigenvalue weighted by molar-refractivity contribution is 6.30. The summed E-state index contributed by atoms with van der Waals surface area (Å²) in [5.74, 6) is 2.65. The van der Waals surface area contributed by atoms with Gasteiger partial charge in [0.05, 0.1) is 0 Å². The number of carbonyl (C=O) groups excluding carboxylic acids is 1. The highest BCUT2D eigenvalue weighted by Gasteiger charge is 2.39. The van der Waals surface area contributed by atoms with Crippen molar-refractivity contribution in [2.75, 3.05) is 6.54 Å². The first kappa shape index (κ1) is 13.9. The van der Waals surface area contributed by atoms with Crippen molar-refractivity contribution in [3.05, 3.63) is 34.9 Å². The molecule has 2 bridgehead atoms. The molecule has 2 saturated carbocycles. The van der Waals surface area contributed by atoms with Gasteiger partial charge in [-0.3, -0.25) is 4.79 Å². The fourth-order valence-electron chi connectivity index (χ4n) is 3.93. The van der Waals surface area contributed by atoms with Crippen LogP contribution in [0.3, 0.4) is 0 Å². The lowest BCUT2D eigenvalue weighted by atomic mass is 9.86. The van der Waals surface area contributed by atoms with Crippen molar-refractivity contribution < 1.29 is 4.79 Å². The molecule has 0 heterocycles. The average Bonchev–Trinajstić information content (AvgIpc) is 3.03. The third-order valence-corrected chi connectivity index (χ3v) is 5.23. The van der Waals surface area contributed by atoms with Crippen molar-refractivity contribution in [1.82, 2.24) is 5.32 Å². The molecule has 0 aliphatic heterocycles. The molecule has 20 heavy (non-hydrogen) atoms. The Morgan fingerprint density at radius 2 is 2.00 bits per heavy atom. The highest BCUT2D eigenvalue weighted by atomic mass is 35.5. The summed E-state index contributed by atoms with van der Waals surface area (Å²) in [6.07, 6.45) is 7.03. The molecule has 3 heteroatoms. The van der Waals surface area contributed by atoms with Crippen LogP contribution in [-0.2, 0) is 11.2 Å². The van der Waals surface area contributed by atoms with Gasteiger partial charge >= 0.3 is 0 Å². The van der Waals surface area contributed by atoms with Crippen LogP contribution in [0.4, 0.5) is 0 Å². The van der Waals surface area contributed by atoms with Gasteiger partial charge in [0.15, 0.2) is 0 Å². The summed E-state index contributed by atoms with van der Waals surface area (Å²) >= 11 is 5.85. The van der Waals surface area contributed by atoms with Crippen LogP contribution in [0.25, 0.3) is 0 Å². The van der Waals surface area contributed by atoms with E-state index >= 15 is 0 Å². The molecule has 0 spiro atoms. The SMILES string of the molecule is O=C(C[C@H]1C[C@@H]2CC[C@H]1C2)NCCc1ccc(Cl)cc1. The lowest BCUT2D eigenvalue weighted by molar-refractivity contribution is -0.122. The molecule has 0 saturated heterocycles. The van der Waals surface area contributed by atoms with Crippen molar-refractivity contribution in [3.8, 4) is 0 Å². The molecular formula is C17H22ClNO. The Labute approximate surface area is 125 Å². The molecule has 0 aromatic heterocycles. The van der Waals surface area contributed by atoms with Crippen molar-refractivity contribution in [1.29, 1.82) is 0 Å². The maximum absolute atomic E-state index is 12.0. The highest BCUT2D eigenvalue weighted by Crippen LogP contribution is 2.49. The Balaban J connectivity index is 1.38. The fraction of sp³-hybridized carbons (Fsp3) is 0.588. The normalized spacial score (nSPS) is 27.8. The molecule has 1 aromatic rings. The number of carbonyl (C=O) groups is 1. The fourth-order valence-corrected chi connectivity index (χ4v) is 4.06. The number of benzene rings is 1. The molecule has 2 nitrogen and oxygen atoms in total. The van der Waals surface area contributed by atoms with Crippen LogP contribution in [0.2, 0.25) is 5.02 Å². The summed E-state index contributed by atoms with van der Waals surface area (Å²) in [7, 11) is 0. The molecule has 2 fully saturated rings. The van der Waals surface area contributed by atoms with Gasteiger partial charge < -0.3 is 5.32 Å². The van der Waals surface area contributed by atoms with Crippen LogP contribution in [-0.4, -0.2) is 12.5 Å². The summed E-state index contributed by atoms with van der Waals surface area (Å²) in [6.45, 7) is 0.723. The van der Waals surface area contributed by atoms with E-state index in [9.17, 15) is 4.79 Å². The Bertz CT molecular complexity index is 470. The minimum Gasteiger partial charge on any atom is -0.356 e. The minimum atomic E-state index is 0.233. The predicted octanol–water partition coefficient (Wildman–Crippen LogP) is 3.83. The lowest BCUT2D eigenvalue weighted by Gasteiger charge is -2.20. The Kier molecular flexibility index (Phi) is 4.30. The van der Waals surface area contributed by atoms with Crippen LogP contribution in [0, 0.1) is 17.8 Å². The van der Waals surface area contributed by atoms with Gasteiger partial charge in [0, 0.05) is 18.0 Å². The number of hydrogen-bond acceptors (Lipinski definition) is 1. The molecule has 1 aromatic carbocycles. The van der Waals surface area contributed by atoms with Crippen LogP contribution >= 0.6 is 11.6 Å². The molecule has 3 atom stereocenters. The van der Waals surface area contributed by atoms with Gasteiger partial charge in [0.25, 0.3) is 0 Å². The second-order valence-electron chi connectivity index (χ2n) is 6.37. The van der Waals surface area contributed by atoms with Crippen molar-refractivity contribution in [2.24, 2.45) is 17.8 Å². The Hall–Kier alpha value is -1.02. The standard InChI is InChI=1S/C17H22ClNO/c18-16-5-2-12(3-6-16)7-8-19-17(20)11-15-10-13-1-4-14(15)9-13/h2-3,5-6,13-15H,1,4,7-11H2,(H,19,20)/t13-,14+,15-/m1/s1. The van der Waals surface area contributed by atoms with E-state index in [2.05, 4.69) is 5.32 Å². The van der Waals surface area contributed by atoms with Crippen molar-refractivity contribution in [3.63, 3.8) is 0 Å². The topological polar surface area (TPSA) is 29.1 Å². The third kappa shape index (κ3) is 3.35. The van der Waals surface area contributed by atoms with E-state index < -0.39 is 0 Å². The first-order valence-corrected chi connectivity index (χ1v) is 8.09. The summed E-state index contributed by atoms with van der Waals surface area (Å²) in [6, 6.07) is 7.83. The molecule has 108 valence electrons. The maximum atomic E-state index is 12.0. The van der Waals surface area contributed by atoms with Gasteiger partial charge in [-0.05, 0) is 61.1 Å². The molecule has 1 N–H and O–H groups in total. The van der Waals surface area contributed by atoms with Crippen molar-refractivity contribution >= 4 is 17.5 Å². The molecule has 0 unspecified atom stereocenters. The Morgan fingerprint density at radius 1 is 1.20 bits per heavy atom. The van der Waals surface area contributed by atoms with E-state index in [4.69, 9.17) is 11.6 Å². The van der Waals surface area contributed by atoms with Gasteiger partial charge in [-0.25, -0.2) is 0 Å². The molecule has 3 rings (SSSR count). The van der Waals surface area contributed by atoms with E-state index in [1.165, 1.54) is 31.2 Å². The van der Waals surface area contributed by atoms with Crippen LogP contribution in [0.5, 0.6) is 0 Å². The van der Waals surface area contributed by atoms with Crippen LogP contribution < -0.4 is 5.32 Å². The largest absolute Gasteiger partial charge is 0.356 e. The second-order valence-corrected chi connectivity index (χ2v) is 6.80. The lowest BCUT2D eigenvalue weighted by Crippen LogP contribution is -2.28. The zero-order valence-corrected chi connectivity index (χ0v) is 12.5. The van der Waals surface area contributed by atoms with Crippen LogP contribution in [0.15, 0.2) is 24.3 Å². The maximum Gasteiger partial charge on any atom is 0.220 e. The third-order valence-electron chi connectivity index (χ3n) is 4.98. The second kappa shape index (κ2) is 6.17. The van der Waals surface area contributed by atoms with E-state index in [1.54, 1.807) is 0 Å². The number of amides is 1. The zero-order chi connectivity index (χ0) is 13.9. The number of fused-ring (bicyclic) bond motifs is 2. The Morgan fingerprint density at radius 3 is 2.65 bits per heavy atom. The zero-order valence-electron chi connectivity index (χ0n) is 11.8. The number of rotatable bonds is 5. The average molecular weight is 292 g/mol. The van der Waals surface area contributed by atoms with Gasteiger partial charge in [0.1, 0.15) is 0 Å². The molecular weight excluding hydrogens is 270 g/mol. The smallest absolute Gasteiger partial charge is 0.220 e. The monoisotopic (exact) mass is 291 g/mol. The first-order valence-electron chi connectivity index (χ1n) is 7.72. The van der Waals surface area contributed by atoms with Gasteiger partial charge in [-0.2, -0.15) is 0 Å². The minimum absolute atomic E-state index is 0.233. The molecule has 2 aliphatic carbocycles. The van der Waals surface area contributed by atoms with Crippen molar-refractivity contribution in [2.45, 2.75) is 38.5 Å². The summed E-state index contributed by atoms with van der Waals surface area (Å²) in [4.78, 5) is 12.0. The van der Waals surface area contributed by atoms with E-state index in [-0.39, 0.29) is 5.91 Å². The summed E-state index contributed by atoms with van der Waals surface area (Å²) < 4.78 is 0. The molecule has 0 radical (unpaired) electrons. The predicted molar refractivity (Wildman–Crippen MR) is 81.7 cm³/mol. The van der Waals surface area contributed by atoms with E-state index in [0.29, 0.717) is 5.92 Å². The van der Waals surface area contributed by atoms with Gasteiger partial charge in [-0.1, -0.05) is 30.2 Å². The number of hydrogen-bond donors (Lipinski definition) is 1. The summed E-state index contributed by atoms with van der Waals surface area (Å²) in [5.41, 5.74) is 1.22. The van der Waals surface area contributed by atoms with E-state index in [0.717, 1.165) is 36.2 Å². The molecule has 2 aliphatic rings. The molecule has 1 amide bonds. The van der Waals surface area contributed by atoms with Gasteiger partial charge in [0.2, 0.25) is 5.91 Å².